The third-order valence-corrected chi connectivity index (χ3v) is 2.26. The van der Waals surface area contributed by atoms with Crippen LogP contribution in [0.3, 0.4) is 0 Å². The van der Waals surface area contributed by atoms with Crippen LogP contribution < -0.4 is 0 Å². The number of hydrogen-bond acceptors (Lipinski definition) is 3. The molecule has 0 N–H and O–H groups in total. The largest absolute Gasteiger partial charge is 0.259 e. The molecule has 0 aliphatic heterocycles. The molecule has 0 radical (unpaired) electrons. The first-order valence-corrected chi connectivity index (χ1v) is 5.38. The Labute approximate surface area is 100 Å². The van der Waals surface area contributed by atoms with E-state index in [-0.39, 0.29) is 16.5 Å². The molecule has 1 aromatic carbocycles. The van der Waals surface area contributed by atoms with Crippen molar-refractivity contribution in [3.63, 3.8) is 0 Å². The van der Waals surface area contributed by atoms with Gasteiger partial charge in [0.15, 0.2) is 0 Å². The normalized spacial score (nSPS) is 11.3. The third-order valence-electron chi connectivity index (χ3n) is 2.26. The molecule has 0 aliphatic rings. The van der Waals surface area contributed by atoms with Gasteiger partial charge in [-0.05, 0) is 17.5 Å². The predicted molar refractivity (Wildman–Crippen MR) is 65.6 cm³/mol. The van der Waals surface area contributed by atoms with Crippen molar-refractivity contribution < 1.29 is 4.92 Å². The molecule has 0 spiro atoms. The number of nitriles is 1. The van der Waals surface area contributed by atoms with E-state index >= 15 is 0 Å². The fourth-order valence-electron chi connectivity index (χ4n) is 1.51. The van der Waals surface area contributed by atoms with Gasteiger partial charge in [0.1, 0.15) is 0 Å². The molecule has 0 amide bonds. The van der Waals surface area contributed by atoms with Crippen LogP contribution in [0.2, 0.25) is 0 Å². The minimum absolute atomic E-state index is 0.141. The summed E-state index contributed by atoms with van der Waals surface area (Å²) in [5.74, 6) is 0.209. The number of rotatable bonds is 4. The smallest absolute Gasteiger partial charge is 0.247 e. The van der Waals surface area contributed by atoms with Crippen molar-refractivity contribution in [3.05, 3.63) is 51.2 Å². The first-order chi connectivity index (χ1) is 8.04. The number of nitrogens with zero attached hydrogens (tertiary/aromatic N) is 2. The molecule has 0 unspecified atom stereocenters. The lowest BCUT2D eigenvalue weighted by Crippen LogP contribution is -2.02. The quantitative estimate of drug-likeness (QED) is 0.589. The SMILES string of the molecule is CC(C)C/C(=C/c1ccccc1C#N)[N+](=O)[O-]. The van der Waals surface area contributed by atoms with Gasteiger partial charge in [0, 0.05) is 12.5 Å². The molecule has 4 nitrogen and oxygen atoms in total. The molecular weight excluding hydrogens is 216 g/mol. The molecule has 0 saturated heterocycles. The molecule has 0 saturated carbocycles. The van der Waals surface area contributed by atoms with E-state index in [1.807, 2.05) is 19.9 Å². The first-order valence-electron chi connectivity index (χ1n) is 5.38. The van der Waals surface area contributed by atoms with Crippen LogP contribution in [0, 0.1) is 27.4 Å². The fourth-order valence-corrected chi connectivity index (χ4v) is 1.51. The molecule has 4 heteroatoms. The Morgan fingerprint density at radius 1 is 1.53 bits per heavy atom. The summed E-state index contributed by atoms with van der Waals surface area (Å²) in [6, 6.07) is 8.89. The van der Waals surface area contributed by atoms with Crippen molar-refractivity contribution in [2.75, 3.05) is 0 Å². The van der Waals surface area contributed by atoms with E-state index in [1.54, 1.807) is 24.3 Å². The molecule has 0 bridgehead atoms. The van der Waals surface area contributed by atoms with E-state index in [1.165, 1.54) is 6.08 Å². The van der Waals surface area contributed by atoms with E-state index in [0.717, 1.165) is 0 Å². The van der Waals surface area contributed by atoms with Gasteiger partial charge in [0.05, 0.1) is 16.6 Å². The Kier molecular flexibility index (Phi) is 4.41. The van der Waals surface area contributed by atoms with Gasteiger partial charge in [-0.1, -0.05) is 32.0 Å². The van der Waals surface area contributed by atoms with Gasteiger partial charge in [0.25, 0.3) is 0 Å². The maximum absolute atomic E-state index is 10.9. The lowest BCUT2D eigenvalue weighted by Gasteiger charge is -2.03. The number of hydrogen-bond donors (Lipinski definition) is 0. The number of nitro groups is 1. The van der Waals surface area contributed by atoms with Crippen LogP contribution in [0.25, 0.3) is 6.08 Å². The summed E-state index contributed by atoms with van der Waals surface area (Å²) in [5.41, 5.74) is 1.20. The van der Waals surface area contributed by atoms with Crippen molar-refractivity contribution >= 4 is 6.08 Å². The minimum Gasteiger partial charge on any atom is -0.259 e. The van der Waals surface area contributed by atoms with Crippen molar-refractivity contribution in [1.29, 1.82) is 5.26 Å². The Bertz CT molecular complexity index is 484. The molecule has 17 heavy (non-hydrogen) atoms. The second-order valence-electron chi connectivity index (χ2n) is 4.19. The minimum atomic E-state index is -0.381. The molecule has 1 rings (SSSR count). The summed E-state index contributed by atoms with van der Waals surface area (Å²) < 4.78 is 0. The number of benzene rings is 1. The van der Waals surface area contributed by atoms with Crippen LogP contribution >= 0.6 is 0 Å². The third kappa shape index (κ3) is 3.72. The highest BCUT2D eigenvalue weighted by atomic mass is 16.6. The average molecular weight is 230 g/mol. The summed E-state index contributed by atoms with van der Waals surface area (Å²) in [6.07, 6.45) is 1.88. The molecule has 0 aromatic heterocycles. The monoisotopic (exact) mass is 230 g/mol. The maximum Gasteiger partial charge on any atom is 0.247 e. The van der Waals surface area contributed by atoms with Crippen molar-refractivity contribution in [2.24, 2.45) is 5.92 Å². The highest BCUT2D eigenvalue weighted by Gasteiger charge is 2.13. The maximum atomic E-state index is 10.9. The van der Waals surface area contributed by atoms with Crippen LogP contribution in [0.15, 0.2) is 30.0 Å². The van der Waals surface area contributed by atoms with Crippen molar-refractivity contribution in [1.82, 2.24) is 0 Å². The van der Waals surface area contributed by atoms with Gasteiger partial charge in [0.2, 0.25) is 5.70 Å². The van der Waals surface area contributed by atoms with Crippen molar-refractivity contribution in [2.45, 2.75) is 20.3 Å². The zero-order valence-electron chi connectivity index (χ0n) is 9.88. The summed E-state index contributed by atoms with van der Waals surface area (Å²) in [5, 5.41) is 19.8. The lowest BCUT2D eigenvalue weighted by molar-refractivity contribution is -0.427. The average Bonchev–Trinajstić information content (AvgIpc) is 2.28. The number of allylic oxidation sites excluding steroid dienone is 1. The highest BCUT2D eigenvalue weighted by molar-refractivity contribution is 5.59. The zero-order valence-corrected chi connectivity index (χ0v) is 9.88. The lowest BCUT2D eigenvalue weighted by atomic mass is 10.0. The van der Waals surface area contributed by atoms with Crippen LogP contribution in [0.4, 0.5) is 0 Å². The Hall–Kier alpha value is -2.15. The highest BCUT2D eigenvalue weighted by Crippen LogP contribution is 2.17. The molecule has 0 fully saturated rings. The predicted octanol–water partition coefficient (Wildman–Crippen LogP) is 3.22. The van der Waals surface area contributed by atoms with E-state index in [2.05, 4.69) is 0 Å². The molecule has 88 valence electrons. The molecule has 0 atom stereocenters. The van der Waals surface area contributed by atoms with Gasteiger partial charge in [-0.25, -0.2) is 0 Å². The van der Waals surface area contributed by atoms with Crippen LogP contribution in [0.5, 0.6) is 0 Å². The first kappa shape index (κ1) is 12.9. The fraction of sp³-hybridized carbons (Fsp3) is 0.308. The Balaban J connectivity index is 3.13. The van der Waals surface area contributed by atoms with E-state index in [9.17, 15) is 10.1 Å². The molecular formula is C13H14N2O2. The van der Waals surface area contributed by atoms with E-state index < -0.39 is 0 Å². The molecule has 1 aromatic rings. The Morgan fingerprint density at radius 3 is 2.71 bits per heavy atom. The van der Waals surface area contributed by atoms with E-state index in [4.69, 9.17) is 5.26 Å². The zero-order chi connectivity index (χ0) is 12.8. The van der Waals surface area contributed by atoms with Gasteiger partial charge < -0.3 is 0 Å². The summed E-state index contributed by atoms with van der Waals surface area (Å²) in [6.45, 7) is 3.85. The van der Waals surface area contributed by atoms with Crippen LogP contribution in [0.1, 0.15) is 31.4 Å². The van der Waals surface area contributed by atoms with Gasteiger partial charge >= 0.3 is 0 Å². The summed E-state index contributed by atoms with van der Waals surface area (Å²) >= 11 is 0. The summed E-state index contributed by atoms with van der Waals surface area (Å²) in [4.78, 5) is 10.5. The summed E-state index contributed by atoms with van der Waals surface area (Å²) in [7, 11) is 0. The van der Waals surface area contributed by atoms with E-state index in [0.29, 0.717) is 17.5 Å². The molecule has 0 heterocycles. The molecule has 0 aliphatic carbocycles. The standard InChI is InChI=1S/C13H14N2O2/c1-10(2)7-13(15(16)17)8-11-5-3-4-6-12(11)9-14/h3-6,8,10H,7H2,1-2H3/b13-8-. The second-order valence-corrected chi connectivity index (χ2v) is 4.19. The van der Waals surface area contributed by atoms with Crippen LogP contribution in [-0.4, -0.2) is 4.92 Å². The second kappa shape index (κ2) is 5.80. The Morgan fingerprint density at radius 2 is 2.18 bits per heavy atom. The van der Waals surface area contributed by atoms with Crippen LogP contribution in [-0.2, 0) is 0 Å². The topological polar surface area (TPSA) is 66.9 Å². The van der Waals surface area contributed by atoms with Gasteiger partial charge in [-0.2, -0.15) is 5.26 Å². The van der Waals surface area contributed by atoms with Gasteiger partial charge in [-0.15, -0.1) is 0 Å². The van der Waals surface area contributed by atoms with Gasteiger partial charge in [-0.3, -0.25) is 10.1 Å². The van der Waals surface area contributed by atoms with Crippen molar-refractivity contribution in [3.8, 4) is 6.07 Å².